The minimum Gasteiger partial charge on any atom is -0.490 e. The van der Waals surface area contributed by atoms with Crippen LogP contribution in [-0.2, 0) is 6.42 Å². The van der Waals surface area contributed by atoms with Gasteiger partial charge in [-0.2, -0.15) is 0 Å². The molecule has 1 aliphatic carbocycles. The van der Waals surface area contributed by atoms with E-state index in [9.17, 15) is 0 Å². The number of benzene rings is 1. The van der Waals surface area contributed by atoms with Crippen LogP contribution in [0.1, 0.15) is 31.2 Å². The summed E-state index contributed by atoms with van der Waals surface area (Å²) < 4.78 is 6.04. The molecule has 1 aromatic rings. The van der Waals surface area contributed by atoms with Gasteiger partial charge in [-0.3, -0.25) is 0 Å². The second kappa shape index (κ2) is 3.30. The number of rotatable bonds is 1. The first-order valence-corrected chi connectivity index (χ1v) is 5.68. The Morgan fingerprint density at radius 3 is 2.71 bits per heavy atom. The molecule has 1 aromatic carbocycles. The van der Waals surface area contributed by atoms with Gasteiger partial charge in [-0.05, 0) is 43.2 Å². The first-order valence-electron chi connectivity index (χ1n) is 5.68. The van der Waals surface area contributed by atoms with Gasteiger partial charge in [-0.25, -0.2) is 0 Å². The van der Waals surface area contributed by atoms with Crippen molar-refractivity contribution in [1.82, 2.24) is 0 Å². The fourth-order valence-electron chi connectivity index (χ4n) is 2.49. The summed E-state index contributed by atoms with van der Waals surface area (Å²) in [5, 5.41) is 0. The van der Waals surface area contributed by atoms with Gasteiger partial charge < -0.3 is 4.74 Å². The molecule has 1 aliphatic heterocycles. The van der Waals surface area contributed by atoms with Crippen LogP contribution >= 0.6 is 0 Å². The number of hydrogen-bond acceptors (Lipinski definition) is 1. The Hall–Kier alpha value is -0.980. The van der Waals surface area contributed by atoms with Gasteiger partial charge in [0.1, 0.15) is 11.9 Å². The van der Waals surface area contributed by atoms with E-state index in [0.717, 1.165) is 11.7 Å². The number of para-hydroxylation sites is 1. The maximum absolute atomic E-state index is 6.04. The number of ether oxygens (including phenoxy) is 1. The van der Waals surface area contributed by atoms with E-state index in [1.54, 1.807) is 0 Å². The van der Waals surface area contributed by atoms with E-state index >= 15 is 0 Å². The monoisotopic (exact) mass is 188 g/mol. The number of fused-ring (bicyclic) bond motifs is 1. The minimum atomic E-state index is 0.513. The summed E-state index contributed by atoms with van der Waals surface area (Å²) in [7, 11) is 0. The summed E-state index contributed by atoms with van der Waals surface area (Å²) >= 11 is 0. The zero-order chi connectivity index (χ0) is 9.38. The van der Waals surface area contributed by atoms with Crippen molar-refractivity contribution >= 4 is 0 Å². The molecule has 0 N–H and O–H groups in total. The first-order chi connectivity index (χ1) is 6.93. The molecule has 74 valence electrons. The highest BCUT2D eigenvalue weighted by Gasteiger charge is 2.31. The first kappa shape index (κ1) is 8.34. The highest BCUT2D eigenvalue weighted by molar-refractivity contribution is 5.35. The third kappa shape index (κ3) is 1.31. The Labute approximate surface area is 85.1 Å². The Morgan fingerprint density at radius 2 is 1.93 bits per heavy atom. The predicted octanol–water partition coefficient (Wildman–Crippen LogP) is 3.18. The van der Waals surface area contributed by atoms with Crippen LogP contribution in [0, 0.1) is 5.92 Å². The van der Waals surface area contributed by atoms with E-state index in [2.05, 4.69) is 24.3 Å². The van der Waals surface area contributed by atoms with Gasteiger partial charge in [0.15, 0.2) is 0 Å². The molecule has 14 heavy (non-hydrogen) atoms. The zero-order valence-electron chi connectivity index (χ0n) is 8.41. The van der Waals surface area contributed by atoms with Crippen molar-refractivity contribution < 1.29 is 4.74 Å². The van der Waals surface area contributed by atoms with Crippen LogP contribution in [0.15, 0.2) is 24.3 Å². The summed E-state index contributed by atoms with van der Waals surface area (Å²) in [6.45, 7) is 0. The Bertz CT molecular complexity index is 328. The zero-order valence-corrected chi connectivity index (χ0v) is 8.41. The van der Waals surface area contributed by atoms with E-state index in [-0.39, 0.29) is 0 Å². The van der Waals surface area contributed by atoms with Crippen LogP contribution < -0.4 is 4.74 Å². The van der Waals surface area contributed by atoms with Gasteiger partial charge in [0.2, 0.25) is 0 Å². The summed E-state index contributed by atoms with van der Waals surface area (Å²) in [4.78, 5) is 0. The number of aryl methyl sites for hydroxylation is 1. The largest absolute Gasteiger partial charge is 0.490 e. The predicted molar refractivity (Wildman–Crippen MR) is 56.5 cm³/mol. The van der Waals surface area contributed by atoms with Crippen molar-refractivity contribution in [2.24, 2.45) is 5.92 Å². The molecule has 1 unspecified atom stereocenters. The van der Waals surface area contributed by atoms with Crippen molar-refractivity contribution in [3.8, 4) is 5.75 Å². The second-order valence-electron chi connectivity index (χ2n) is 4.49. The lowest BCUT2D eigenvalue weighted by Crippen LogP contribution is -2.34. The Morgan fingerprint density at radius 1 is 1.07 bits per heavy atom. The van der Waals surface area contributed by atoms with Gasteiger partial charge in [0.05, 0.1) is 0 Å². The molecule has 0 spiro atoms. The van der Waals surface area contributed by atoms with Crippen molar-refractivity contribution in [3.05, 3.63) is 29.8 Å². The summed E-state index contributed by atoms with van der Waals surface area (Å²) in [6.07, 6.45) is 7.11. The third-order valence-corrected chi connectivity index (χ3v) is 3.62. The molecular formula is C13H16O. The average Bonchev–Trinajstić information content (AvgIpc) is 2.15. The molecule has 1 atom stereocenters. The molecule has 1 heteroatoms. The van der Waals surface area contributed by atoms with Gasteiger partial charge in [-0.15, -0.1) is 0 Å². The maximum atomic E-state index is 6.04. The van der Waals surface area contributed by atoms with Crippen molar-refractivity contribution in [3.63, 3.8) is 0 Å². The van der Waals surface area contributed by atoms with Gasteiger partial charge in [0, 0.05) is 0 Å². The quantitative estimate of drug-likeness (QED) is 0.657. The molecule has 0 saturated heterocycles. The third-order valence-electron chi connectivity index (χ3n) is 3.62. The molecule has 1 heterocycles. The van der Waals surface area contributed by atoms with E-state index in [1.807, 2.05) is 0 Å². The molecule has 3 rings (SSSR count). The molecule has 1 nitrogen and oxygen atoms in total. The highest BCUT2D eigenvalue weighted by atomic mass is 16.5. The van der Waals surface area contributed by atoms with E-state index < -0.39 is 0 Å². The van der Waals surface area contributed by atoms with Crippen molar-refractivity contribution in [1.29, 1.82) is 0 Å². The van der Waals surface area contributed by atoms with Crippen LogP contribution in [0.2, 0.25) is 0 Å². The molecule has 0 aromatic heterocycles. The molecule has 1 saturated carbocycles. The van der Waals surface area contributed by atoms with Gasteiger partial charge in [-0.1, -0.05) is 24.6 Å². The normalized spacial score (nSPS) is 26.1. The average molecular weight is 188 g/mol. The molecule has 1 fully saturated rings. The van der Waals surface area contributed by atoms with Crippen LogP contribution in [-0.4, -0.2) is 6.10 Å². The lowest BCUT2D eigenvalue weighted by atomic mass is 9.78. The van der Waals surface area contributed by atoms with E-state index in [1.165, 1.54) is 37.7 Å². The topological polar surface area (TPSA) is 9.23 Å². The van der Waals surface area contributed by atoms with Crippen LogP contribution in [0.3, 0.4) is 0 Å². The van der Waals surface area contributed by atoms with Gasteiger partial charge >= 0.3 is 0 Å². The van der Waals surface area contributed by atoms with E-state index in [0.29, 0.717) is 6.10 Å². The van der Waals surface area contributed by atoms with Crippen LogP contribution in [0.5, 0.6) is 5.75 Å². The molecule has 0 bridgehead atoms. The van der Waals surface area contributed by atoms with Crippen LogP contribution in [0.4, 0.5) is 0 Å². The lowest BCUT2D eigenvalue weighted by Gasteiger charge is -2.36. The number of hydrogen-bond donors (Lipinski definition) is 0. The summed E-state index contributed by atoms with van der Waals surface area (Å²) in [5.41, 5.74) is 1.39. The standard InChI is InChI=1S/C13H16O/c1-2-7-12-11(4-1)8-9-13(14-12)10-5-3-6-10/h1-2,4,7,10,13H,3,5-6,8-9H2. The van der Waals surface area contributed by atoms with Crippen LogP contribution in [0.25, 0.3) is 0 Å². The summed E-state index contributed by atoms with van der Waals surface area (Å²) in [6, 6.07) is 8.47. The Balaban J connectivity index is 1.79. The Kier molecular flexibility index (Phi) is 1.97. The van der Waals surface area contributed by atoms with Gasteiger partial charge in [0.25, 0.3) is 0 Å². The molecule has 0 radical (unpaired) electrons. The lowest BCUT2D eigenvalue weighted by molar-refractivity contribution is 0.0665. The second-order valence-corrected chi connectivity index (χ2v) is 4.49. The highest BCUT2D eigenvalue weighted by Crippen LogP contribution is 2.37. The van der Waals surface area contributed by atoms with Crippen molar-refractivity contribution in [2.75, 3.05) is 0 Å². The fourth-order valence-corrected chi connectivity index (χ4v) is 2.49. The molecule has 2 aliphatic rings. The summed E-state index contributed by atoms with van der Waals surface area (Å²) in [5.74, 6) is 1.99. The van der Waals surface area contributed by atoms with E-state index in [4.69, 9.17) is 4.74 Å². The minimum absolute atomic E-state index is 0.513. The fraction of sp³-hybridized carbons (Fsp3) is 0.538. The SMILES string of the molecule is c1ccc2c(c1)CCC(C1CCC1)O2. The van der Waals surface area contributed by atoms with Crippen molar-refractivity contribution in [2.45, 2.75) is 38.2 Å². The maximum Gasteiger partial charge on any atom is 0.122 e. The molecule has 0 amide bonds. The smallest absolute Gasteiger partial charge is 0.122 e. The molecular weight excluding hydrogens is 172 g/mol.